The van der Waals surface area contributed by atoms with Crippen LogP contribution in [0.1, 0.15) is 33.8 Å². The van der Waals surface area contributed by atoms with Crippen molar-refractivity contribution in [3.05, 3.63) is 64.2 Å². The van der Waals surface area contributed by atoms with Crippen LogP contribution in [0, 0.1) is 0 Å². The second-order valence-corrected chi connectivity index (χ2v) is 6.40. The van der Waals surface area contributed by atoms with Crippen molar-refractivity contribution >= 4 is 23.3 Å². The van der Waals surface area contributed by atoms with Gasteiger partial charge >= 0.3 is 12.1 Å². The third-order valence-corrected chi connectivity index (χ3v) is 4.74. The Balaban J connectivity index is 1.83. The van der Waals surface area contributed by atoms with Crippen molar-refractivity contribution in [1.82, 2.24) is 0 Å². The fourth-order valence-electron chi connectivity index (χ4n) is 3.22. The summed E-state index contributed by atoms with van der Waals surface area (Å²) < 4.78 is 38.3. The Hall–Kier alpha value is -2.21. The molecular formula is C18H15ClF3NO2. The van der Waals surface area contributed by atoms with Gasteiger partial charge in [0.25, 0.3) is 0 Å². The van der Waals surface area contributed by atoms with E-state index in [2.05, 4.69) is 0 Å². The molecular weight excluding hydrogens is 355 g/mol. The number of anilines is 1. The first-order valence-corrected chi connectivity index (χ1v) is 8.09. The quantitative estimate of drug-likeness (QED) is 0.823. The highest BCUT2D eigenvalue weighted by atomic mass is 35.5. The van der Waals surface area contributed by atoms with E-state index in [0.29, 0.717) is 25.2 Å². The summed E-state index contributed by atoms with van der Waals surface area (Å²) >= 11 is 6.06. The van der Waals surface area contributed by atoms with Gasteiger partial charge in [-0.3, -0.25) is 0 Å². The molecule has 1 aliphatic rings. The average molecular weight is 370 g/mol. The van der Waals surface area contributed by atoms with E-state index in [1.807, 2.05) is 4.90 Å². The van der Waals surface area contributed by atoms with Gasteiger partial charge in [-0.05, 0) is 36.2 Å². The lowest BCUT2D eigenvalue weighted by atomic mass is 9.93. The molecule has 7 heteroatoms. The molecule has 0 radical (unpaired) electrons. The summed E-state index contributed by atoms with van der Waals surface area (Å²) in [6.45, 7) is 1.11. The lowest BCUT2D eigenvalue weighted by Crippen LogP contribution is -2.20. The van der Waals surface area contributed by atoms with E-state index >= 15 is 0 Å². The van der Waals surface area contributed by atoms with Crippen LogP contribution in [0.2, 0.25) is 5.02 Å². The number of rotatable bonds is 3. The molecule has 0 aliphatic carbocycles. The predicted molar refractivity (Wildman–Crippen MR) is 89.4 cm³/mol. The van der Waals surface area contributed by atoms with Crippen LogP contribution in [0.25, 0.3) is 0 Å². The van der Waals surface area contributed by atoms with E-state index in [-0.39, 0.29) is 16.5 Å². The van der Waals surface area contributed by atoms with Gasteiger partial charge in [0.15, 0.2) is 0 Å². The average Bonchev–Trinajstić information content (AvgIpc) is 3.03. The third kappa shape index (κ3) is 3.58. The Morgan fingerprint density at radius 1 is 1.20 bits per heavy atom. The Bertz CT molecular complexity index is 807. The summed E-state index contributed by atoms with van der Waals surface area (Å²) in [4.78, 5) is 13.3. The van der Waals surface area contributed by atoms with Crippen molar-refractivity contribution in [2.45, 2.75) is 18.5 Å². The van der Waals surface area contributed by atoms with E-state index in [1.165, 1.54) is 6.07 Å². The highest BCUT2D eigenvalue weighted by Crippen LogP contribution is 2.38. The highest BCUT2D eigenvalue weighted by Gasteiger charge is 2.32. The van der Waals surface area contributed by atoms with E-state index in [1.54, 1.807) is 24.3 Å². The number of carboxylic acid groups (broad SMARTS) is 1. The fraction of sp³-hybridized carbons (Fsp3) is 0.278. The zero-order valence-electron chi connectivity index (χ0n) is 13.1. The molecule has 2 aromatic carbocycles. The van der Waals surface area contributed by atoms with Crippen molar-refractivity contribution in [2.75, 3.05) is 18.0 Å². The maximum Gasteiger partial charge on any atom is 0.416 e. The van der Waals surface area contributed by atoms with Gasteiger partial charge < -0.3 is 10.0 Å². The van der Waals surface area contributed by atoms with E-state index in [0.717, 1.165) is 17.7 Å². The SMILES string of the molecule is O=C(O)c1ccccc1C1CCN(c2ccc(C(F)(F)F)cc2Cl)C1. The molecule has 0 spiro atoms. The van der Waals surface area contributed by atoms with Crippen molar-refractivity contribution in [2.24, 2.45) is 0 Å². The number of halogens is 4. The molecule has 3 rings (SSSR count). The lowest BCUT2D eigenvalue weighted by Gasteiger charge is -2.21. The zero-order valence-corrected chi connectivity index (χ0v) is 13.8. The first-order valence-electron chi connectivity index (χ1n) is 7.71. The number of hydrogen-bond acceptors (Lipinski definition) is 2. The number of aromatic carboxylic acids is 1. The van der Waals surface area contributed by atoms with Crippen LogP contribution in [0.4, 0.5) is 18.9 Å². The molecule has 1 aliphatic heterocycles. The van der Waals surface area contributed by atoms with Gasteiger partial charge in [-0.15, -0.1) is 0 Å². The molecule has 3 nitrogen and oxygen atoms in total. The molecule has 1 atom stereocenters. The Kier molecular flexibility index (Phi) is 4.64. The first-order chi connectivity index (χ1) is 11.8. The monoisotopic (exact) mass is 369 g/mol. The first kappa shape index (κ1) is 17.6. The summed E-state index contributed by atoms with van der Waals surface area (Å²) in [7, 11) is 0. The molecule has 0 bridgehead atoms. The second kappa shape index (κ2) is 6.59. The largest absolute Gasteiger partial charge is 0.478 e. The number of carbonyl (C=O) groups is 1. The predicted octanol–water partition coefficient (Wildman–Crippen LogP) is 5.05. The fourth-order valence-corrected chi connectivity index (χ4v) is 3.52. The van der Waals surface area contributed by atoms with Gasteiger partial charge in [-0.25, -0.2) is 4.79 Å². The molecule has 1 unspecified atom stereocenters. The van der Waals surface area contributed by atoms with E-state index < -0.39 is 17.7 Å². The van der Waals surface area contributed by atoms with Crippen molar-refractivity contribution < 1.29 is 23.1 Å². The summed E-state index contributed by atoms with van der Waals surface area (Å²) in [6.07, 6.45) is -3.72. The third-order valence-electron chi connectivity index (χ3n) is 4.43. The van der Waals surface area contributed by atoms with Crippen LogP contribution < -0.4 is 4.90 Å². The molecule has 1 saturated heterocycles. The molecule has 1 heterocycles. The molecule has 1 N–H and O–H groups in total. The normalized spacial score (nSPS) is 17.8. The van der Waals surface area contributed by atoms with Gasteiger partial charge in [-0.1, -0.05) is 29.8 Å². The van der Waals surface area contributed by atoms with Crippen LogP contribution in [0.5, 0.6) is 0 Å². The standard InChI is InChI=1S/C18H15ClF3NO2/c19-15-9-12(18(20,21)22)5-6-16(15)23-8-7-11(10-23)13-3-1-2-4-14(13)17(24)25/h1-6,9,11H,7-8,10H2,(H,24,25). The van der Waals surface area contributed by atoms with Gasteiger partial charge in [0, 0.05) is 19.0 Å². The van der Waals surface area contributed by atoms with Gasteiger partial charge in [-0.2, -0.15) is 13.2 Å². The molecule has 132 valence electrons. The van der Waals surface area contributed by atoms with Crippen LogP contribution in [0.3, 0.4) is 0 Å². The molecule has 25 heavy (non-hydrogen) atoms. The summed E-state index contributed by atoms with van der Waals surface area (Å²) in [5.41, 5.74) is 0.742. The smallest absolute Gasteiger partial charge is 0.416 e. The van der Waals surface area contributed by atoms with Crippen LogP contribution >= 0.6 is 11.6 Å². The highest BCUT2D eigenvalue weighted by molar-refractivity contribution is 6.33. The summed E-state index contributed by atoms with van der Waals surface area (Å²) in [5.74, 6) is -0.993. The number of nitrogens with zero attached hydrogens (tertiary/aromatic N) is 1. The topological polar surface area (TPSA) is 40.5 Å². The lowest BCUT2D eigenvalue weighted by molar-refractivity contribution is -0.137. The van der Waals surface area contributed by atoms with Crippen molar-refractivity contribution in [3.63, 3.8) is 0 Å². The minimum absolute atomic E-state index is 0.00865. The molecule has 0 saturated carbocycles. The molecule has 2 aromatic rings. The number of hydrogen-bond donors (Lipinski definition) is 1. The van der Waals surface area contributed by atoms with Crippen molar-refractivity contribution in [3.8, 4) is 0 Å². The van der Waals surface area contributed by atoms with Crippen molar-refractivity contribution in [1.29, 1.82) is 0 Å². The van der Waals surface area contributed by atoms with E-state index in [9.17, 15) is 23.1 Å². The number of benzene rings is 2. The maximum absolute atomic E-state index is 12.8. The van der Waals surface area contributed by atoms with Crippen LogP contribution in [-0.2, 0) is 6.18 Å². The molecule has 1 fully saturated rings. The number of carboxylic acids is 1. The van der Waals surface area contributed by atoms with Crippen LogP contribution in [-0.4, -0.2) is 24.2 Å². The minimum atomic E-state index is -4.43. The van der Waals surface area contributed by atoms with Gasteiger partial charge in [0.2, 0.25) is 0 Å². The van der Waals surface area contributed by atoms with Gasteiger partial charge in [0.1, 0.15) is 0 Å². The van der Waals surface area contributed by atoms with E-state index in [4.69, 9.17) is 11.6 Å². The minimum Gasteiger partial charge on any atom is -0.478 e. The Morgan fingerprint density at radius 3 is 2.56 bits per heavy atom. The molecule has 0 aromatic heterocycles. The zero-order chi connectivity index (χ0) is 18.2. The second-order valence-electron chi connectivity index (χ2n) is 5.99. The van der Waals surface area contributed by atoms with Gasteiger partial charge in [0.05, 0.1) is 21.8 Å². The summed E-state index contributed by atoms with van der Waals surface area (Å²) in [5, 5.41) is 9.36. The maximum atomic E-state index is 12.8. The Labute approximate surface area is 147 Å². The number of alkyl halides is 3. The molecule has 0 amide bonds. The summed E-state index contributed by atoms with van der Waals surface area (Å²) in [6, 6.07) is 10.1. The van der Waals surface area contributed by atoms with Crippen LogP contribution in [0.15, 0.2) is 42.5 Å². The Morgan fingerprint density at radius 2 is 1.92 bits per heavy atom.